The van der Waals surface area contributed by atoms with E-state index in [1.165, 1.54) is 5.56 Å². The molecule has 4 heteroatoms. The van der Waals surface area contributed by atoms with Gasteiger partial charge in [-0.3, -0.25) is 0 Å². The number of halogens is 1. The van der Waals surface area contributed by atoms with Gasteiger partial charge in [0.15, 0.2) is 0 Å². The molecule has 0 atom stereocenters. The molecule has 0 heterocycles. The molecule has 2 N–H and O–H groups in total. The zero-order valence-electron chi connectivity index (χ0n) is 12.9. The molecule has 2 aromatic carbocycles. The van der Waals surface area contributed by atoms with Crippen molar-refractivity contribution in [3.8, 4) is 17.6 Å². The Hall–Kier alpha value is -2.02. The first-order valence-electron chi connectivity index (χ1n) is 7.02. The summed E-state index contributed by atoms with van der Waals surface area (Å²) < 4.78 is 5.74. The highest BCUT2D eigenvalue weighted by atomic mass is 35.5. The lowest BCUT2D eigenvalue weighted by Crippen LogP contribution is -2.32. The average molecular weight is 317 g/mol. The molecule has 0 spiro atoms. The van der Waals surface area contributed by atoms with E-state index in [0.29, 0.717) is 5.56 Å². The van der Waals surface area contributed by atoms with Gasteiger partial charge in [-0.1, -0.05) is 12.1 Å². The summed E-state index contributed by atoms with van der Waals surface area (Å²) in [4.78, 5) is 0. The van der Waals surface area contributed by atoms with Gasteiger partial charge < -0.3 is 10.5 Å². The summed E-state index contributed by atoms with van der Waals surface area (Å²) >= 11 is 0. The molecule has 3 nitrogen and oxygen atoms in total. The lowest BCUT2D eigenvalue weighted by Gasteiger charge is -2.18. The SMILES string of the molecule is CC(C)(N)CCc1ccc(Oc2ccc(C#N)cc2)cc1.Cl. The molecule has 116 valence electrons. The predicted octanol–water partition coefficient (Wildman–Crippen LogP) is 4.44. The summed E-state index contributed by atoms with van der Waals surface area (Å²) in [5, 5.41) is 8.76. The molecule has 2 rings (SSSR count). The topological polar surface area (TPSA) is 59.0 Å². The highest BCUT2D eigenvalue weighted by Gasteiger charge is 2.10. The summed E-state index contributed by atoms with van der Waals surface area (Å²) in [5.74, 6) is 1.51. The van der Waals surface area contributed by atoms with Gasteiger partial charge in [-0.15, -0.1) is 12.4 Å². The Morgan fingerprint density at radius 3 is 1.95 bits per heavy atom. The molecule has 0 bridgehead atoms. The van der Waals surface area contributed by atoms with Crippen molar-refractivity contribution >= 4 is 12.4 Å². The van der Waals surface area contributed by atoms with Crippen molar-refractivity contribution in [3.63, 3.8) is 0 Å². The molecule has 0 unspecified atom stereocenters. The lowest BCUT2D eigenvalue weighted by atomic mass is 9.97. The Bertz CT molecular complexity index is 622. The Morgan fingerprint density at radius 2 is 1.50 bits per heavy atom. The number of nitriles is 1. The fourth-order valence-electron chi connectivity index (χ4n) is 1.92. The highest BCUT2D eigenvalue weighted by Crippen LogP contribution is 2.22. The number of nitrogens with two attached hydrogens (primary N) is 1. The van der Waals surface area contributed by atoms with Crippen molar-refractivity contribution in [1.82, 2.24) is 0 Å². The minimum Gasteiger partial charge on any atom is -0.457 e. The number of hydrogen-bond acceptors (Lipinski definition) is 3. The van der Waals surface area contributed by atoms with E-state index in [0.717, 1.165) is 24.3 Å². The average Bonchev–Trinajstić information content (AvgIpc) is 2.46. The third-order valence-electron chi connectivity index (χ3n) is 3.20. The highest BCUT2D eigenvalue weighted by molar-refractivity contribution is 5.85. The zero-order valence-corrected chi connectivity index (χ0v) is 13.7. The number of rotatable bonds is 5. The van der Waals surface area contributed by atoms with E-state index in [2.05, 4.69) is 18.2 Å². The van der Waals surface area contributed by atoms with Crippen LogP contribution in [0.25, 0.3) is 0 Å². The van der Waals surface area contributed by atoms with Crippen LogP contribution >= 0.6 is 12.4 Å². The van der Waals surface area contributed by atoms with E-state index < -0.39 is 0 Å². The minimum atomic E-state index is -0.141. The van der Waals surface area contributed by atoms with Crippen molar-refractivity contribution < 1.29 is 4.74 Å². The van der Waals surface area contributed by atoms with Crippen molar-refractivity contribution in [2.24, 2.45) is 5.73 Å². The first kappa shape index (κ1) is 18.0. The molecule has 0 aliphatic rings. The Morgan fingerprint density at radius 1 is 1.00 bits per heavy atom. The number of hydrogen-bond donors (Lipinski definition) is 1. The number of benzene rings is 2. The van der Waals surface area contributed by atoms with Gasteiger partial charge in [0, 0.05) is 5.54 Å². The minimum absolute atomic E-state index is 0. The summed E-state index contributed by atoms with van der Waals surface area (Å²) in [7, 11) is 0. The Balaban J connectivity index is 0.00000242. The van der Waals surface area contributed by atoms with Crippen LogP contribution in [0.2, 0.25) is 0 Å². The van der Waals surface area contributed by atoms with Gasteiger partial charge in [-0.05, 0) is 68.7 Å². The molecule has 0 saturated heterocycles. The fourth-order valence-corrected chi connectivity index (χ4v) is 1.92. The fraction of sp³-hybridized carbons (Fsp3) is 0.278. The van der Waals surface area contributed by atoms with Crippen LogP contribution in [0.15, 0.2) is 48.5 Å². The monoisotopic (exact) mass is 316 g/mol. The second kappa shape index (κ2) is 7.84. The van der Waals surface area contributed by atoms with Gasteiger partial charge in [-0.2, -0.15) is 5.26 Å². The molecule has 2 aromatic rings. The van der Waals surface area contributed by atoms with Crippen LogP contribution in [0.3, 0.4) is 0 Å². The molecule has 0 fully saturated rings. The summed E-state index contributed by atoms with van der Waals surface area (Å²) in [5.41, 5.74) is 7.73. The van der Waals surface area contributed by atoms with Gasteiger partial charge in [0.25, 0.3) is 0 Å². The van der Waals surface area contributed by atoms with Crippen molar-refractivity contribution in [2.75, 3.05) is 0 Å². The second-order valence-electron chi connectivity index (χ2n) is 5.87. The normalized spacial score (nSPS) is 10.5. The van der Waals surface area contributed by atoms with Crippen LogP contribution in [0, 0.1) is 11.3 Å². The van der Waals surface area contributed by atoms with Gasteiger partial charge in [0.1, 0.15) is 11.5 Å². The van der Waals surface area contributed by atoms with Crippen LogP contribution in [0.5, 0.6) is 11.5 Å². The van der Waals surface area contributed by atoms with Crippen LogP contribution < -0.4 is 10.5 Å². The maximum Gasteiger partial charge on any atom is 0.127 e. The second-order valence-corrected chi connectivity index (χ2v) is 5.87. The van der Waals surface area contributed by atoms with E-state index in [9.17, 15) is 0 Å². The van der Waals surface area contributed by atoms with Gasteiger partial charge in [0.2, 0.25) is 0 Å². The molecule has 0 aliphatic heterocycles. The number of ether oxygens (including phenoxy) is 1. The van der Waals surface area contributed by atoms with Gasteiger partial charge >= 0.3 is 0 Å². The quantitative estimate of drug-likeness (QED) is 0.887. The lowest BCUT2D eigenvalue weighted by molar-refractivity contribution is 0.474. The molecule has 0 aliphatic carbocycles. The van der Waals surface area contributed by atoms with E-state index in [1.807, 2.05) is 26.0 Å². The van der Waals surface area contributed by atoms with Crippen LogP contribution in [-0.4, -0.2) is 5.54 Å². The van der Waals surface area contributed by atoms with E-state index in [4.69, 9.17) is 15.7 Å². The number of aryl methyl sites for hydroxylation is 1. The summed E-state index contributed by atoms with van der Waals surface area (Å²) in [6.45, 7) is 4.07. The maximum absolute atomic E-state index is 8.76. The molecular formula is C18H21ClN2O. The third kappa shape index (κ3) is 5.77. The largest absolute Gasteiger partial charge is 0.457 e. The van der Waals surface area contributed by atoms with E-state index in [1.54, 1.807) is 24.3 Å². The molecule has 0 radical (unpaired) electrons. The standard InChI is InChI=1S/C18H20N2O.ClH/c1-18(2,20)12-11-14-3-7-16(8-4-14)21-17-9-5-15(13-19)6-10-17;/h3-10H,11-12,20H2,1-2H3;1H. The maximum atomic E-state index is 8.76. The molecule has 0 amide bonds. The van der Waals surface area contributed by atoms with Crippen LogP contribution in [-0.2, 0) is 6.42 Å². The molecule has 0 saturated carbocycles. The molecule has 0 aromatic heterocycles. The van der Waals surface area contributed by atoms with Gasteiger partial charge in [-0.25, -0.2) is 0 Å². The van der Waals surface area contributed by atoms with E-state index in [-0.39, 0.29) is 17.9 Å². The van der Waals surface area contributed by atoms with Crippen molar-refractivity contribution in [3.05, 3.63) is 59.7 Å². The number of nitrogens with zero attached hydrogens (tertiary/aromatic N) is 1. The van der Waals surface area contributed by atoms with Crippen LogP contribution in [0.1, 0.15) is 31.4 Å². The molecular weight excluding hydrogens is 296 g/mol. The Kier molecular flexibility index (Phi) is 6.42. The van der Waals surface area contributed by atoms with Gasteiger partial charge in [0.05, 0.1) is 11.6 Å². The first-order chi connectivity index (χ1) is 9.96. The van der Waals surface area contributed by atoms with Crippen molar-refractivity contribution in [1.29, 1.82) is 5.26 Å². The summed E-state index contributed by atoms with van der Waals surface area (Å²) in [6.07, 6.45) is 1.91. The predicted molar refractivity (Wildman–Crippen MR) is 91.5 cm³/mol. The smallest absolute Gasteiger partial charge is 0.127 e. The molecule has 22 heavy (non-hydrogen) atoms. The zero-order chi connectivity index (χ0) is 15.3. The first-order valence-corrected chi connectivity index (χ1v) is 7.02. The van der Waals surface area contributed by atoms with Crippen molar-refractivity contribution in [2.45, 2.75) is 32.2 Å². The van der Waals surface area contributed by atoms with Crippen LogP contribution in [0.4, 0.5) is 0 Å². The van der Waals surface area contributed by atoms with E-state index >= 15 is 0 Å². The third-order valence-corrected chi connectivity index (χ3v) is 3.20. The summed E-state index contributed by atoms with van der Waals surface area (Å²) in [6, 6.07) is 17.2. The Labute approximate surface area is 138 Å².